The molecule has 0 radical (unpaired) electrons. The minimum atomic E-state index is -0.275. The van der Waals surface area contributed by atoms with Crippen LogP contribution in [0, 0.1) is 0 Å². The fourth-order valence-electron chi connectivity index (χ4n) is 1.82. The van der Waals surface area contributed by atoms with Crippen molar-refractivity contribution >= 4 is 22.9 Å². The summed E-state index contributed by atoms with van der Waals surface area (Å²) in [6, 6.07) is 11.4. The van der Waals surface area contributed by atoms with Gasteiger partial charge in [0, 0.05) is 18.0 Å². The van der Waals surface area contributed by atoms with Gasteiger partial charge in [0.05, 0.1) is 11.1 Å². The molecule has 3 aromatic rings. The zero-order valence-corrected chi connectivity index (χ0v) is 12.0. The summed E-state index contributed by atoms with van der Waals surface area (Å²) in [6.07, 6.45) is 3.27. The Balaban J connectivity index is 1.93. The zero-order valence-electron chi connectivity index (χ0n) is 10.4. The van der Waals surface area contributed by atoms with Crippen molar-refractivity contribution in [2.75, 3.05) is 0 Å². The Bertz CT molecular complexity index is 714. The molecular weight excluding hydrogens is 292 g/mol. The van der Waals surface area contributed by atoms with Crippen LogP contribution in [0.1, 0.15) is 16.6 Å². The van der Waals surface area contributed by atoms with Crippen molar-refractivity contribution in [2.24, 2.45) is 5.73 Å². The number of hydrogen-bond acceptors (Lipinski definition) is 5. The maximum absolute atomic E-state index is 6.21. The van der Waals surface area contributed by atoms with Gasteiger partial charge in [-0.15, -0.1) is 10.2 Å². The van der Waals surface area contributed by atoms with E-state index in [9.17, 15) is 0 Å². The molecule has 0 fully saturated rings. The van der Waals surface area contributed by atoms with Crippen molar-refractivity contribution < 1.29 is 0 Å². The first kappa shape index (κ1) is 13.2. The van der Waals surface area contributed by atoms with E-state index in [1.165, 1.54) is 11.3 Å². The Labute approximate surface area is 125 Å². The van der Waals surface area contributed by atoms with Gasteiger partial charge in [-0.05, 0) is 11.6 Å². The van der Waals surface area contributed by atoms with E-state index in [-0.39, 0.29) is 6.04 Å². The number of nitrogens with two attached hydrogens (primary N) is 1. The lowest BCUT2D eigenvalue weighted by Crippen LogP contribution is -2.11. The summed E-state index contributed by atoms with van der Waals surface area (Å²) in [5.41, 5.74) is 8.04. The predicted octanol–water partition coefficient (Wildman–Crippen LogP) is 3.30. The van der Waals surface area contributed by atoms with Crippen LogP contribution in [-0.4, -0.2) is 15.2 Å². The molecule has 6 heteroatoms. The lowest BCUT2D eigenvalue weighted by Gasteiger charge is -2.06. The summed E-state index contributed by atoms with van der Waals surface area (Å²) in [5, 5.41) is 10.4. The number of nitrogens with zero attached hydrogens (tertiary/aromatic N) is 3. The fraction of sp³-hybridized carbons (Fsp3) is 0.0714. The molecule has 4 nitrogen and oxygen atoms in total. The molecule has 2 aromatic heterocycles. The Morgan fingerprint density at radius 3 is 2.65 bits per heavy atom. The first-order chi connectivity index (χ1) is 9.75. The molecule has 0 bridgehead atoms. The minimum absolute atomic E-state index is 0.275. The van der Waals surface area contributed by atoms with Gasteiger partial charge < -0.3 is 5.73 Å². The maximum Gasteiger partial charge on any atom is 0.149 e. The van der Waals surface area contributed by atoms with Crippen LogP contribution in [0.5, 0.6) is 0 Å². The smallest absolute Gasteiger partial charge is 0.149 e. The predicted molar refractivity (Wildman–Crippen MR) is 80.6 cm³/mol. The quantitative estimate of drug-likeness (QED) is 0.806. The number of hydrogen-bond donors (Lipinski definition) is 1. The van der Waals surface area contributed by atoms with Crippen molar-refractivity contribution in [3.8, 4) is 10.6 Å². The van der Waals surface area contributed by atoms with Gasteiger partial charge in [-0.3, -0.25) is 4.98 Å². The van der Waals surface area contributed by atoms with E-state index < -0.39 is 0 Å². The van der Waals surface area contributed by atoms with Crippen molar-refractivity contribution in [3.63, 3.8) is 0 Å². The Hall–Kier alpha value is -1.82. The van der Waals surface area contributed by atoms with Gasteiger partial charge in [0.2, 0.25) is 0 Å². The number of pyridine rings is 1. The third kappa shape index (κ3) is 2.56. The molecule has 3 rings (SSSR count). The van der Waals surface area contributed by atoms with E-state index in [0.29, 0.717) is 5.02 Å². The van der Waals surface area contributed by atoms with Gasteiger partial charge in [0.1, 0.15) is 10.0 Å². The summed E-state index contributed by atoms with van der Waals surface area (Å²) in [7, 11) is 0. The third-order valence-electron chi connectivity index (χ3n) is 2.87. The standard InChI is InChI=1S/C14H11ClN4S/c15-11-8-17-7-6-10(11)13-18-19-14(20-13)12(16)9-4-2-1-3-5-9/h1-8,12H,16H2. The fourth-order valence-corrected chi connectivity index (χ4v) is 3.00. The molecule has 20 heavy (non-hydrogen) atoms. The number of benzene rings is 1. The van der Waals surface area contributed by atoms with Crippen LogP contribution in [0.3, 0.4) is 0 Å². The van der Waals surface area contributed by atoms with Gasteiger partial charge >= 0.3 is 0 Å². The van der Waals surface area contributed by atoms with E-state index >= 15 is 0 Å². The summed E-state index contributed by atoms with van der Waals surface area (Å²) in [5.74, 6) is 0. The normalized spacial score (nSPS) is 12.3. The minimum Gasteiger partial charge on any atom is -0.318 e. The van der Waals surface area contributed by atoms with E-state index in [1.807, 2.05) is 36.4 Å². The molecule has 2 N–H and O–H groups in total. The molecule has 0 aliphatic heterocycles. The van der Waals surface area contributed by atoms with Gasteiger partial charge in [-0.1, -0.05) is 53.3 Å². The van der Waals surface area contributed by atoms with Gasteiger partial charge in [-0.25, -0.2) is 0 Å². The molecule has 0 amide bonds. The zero-order chi connectivity index (χ0) is 13.9. The number of rotatable bonds is 3. The number of halogens is 1. The van der Waals surface area contributed by atoms with Gasteiger partial charge in [0.25, 0.3) is 0 Å². The molecule has 0 aliphatic rings. The number of aromatic nitrogens is 3. The molecule has 0 spiro atoms. The molecule has 1 unspecified atom stereocenters. The van der Waals surface area contributed by atoms with Crippen LogP contribution < -0.4 is 5.73 Å². The summed E-state index contributed by atoms with van der Waals surface area (Å²) in [6.45, 7) is 0. The second kappa shape index (κ2) is 5.66. The highest BCUT2D eigenvalue weighted by molar-refractivity contribution is 7.14. The Morgan fingerprint density at radius 1 is 1.10 bits per heavy atom. The summed E-state index contributed by atoms with van der Waals surface area (Å²) >= 11 is 7.55. The van der Waals surface area contributed by atoms with E-state index in [0.717, 1.165) is 21.1 Å². The second-order valence-electron chi connectivity index (χ2n) is 4.19. The summed E-state index contributed by atoms with van der Waals surface area (Å²) < 4.78 is 0. The van der Waals surface area contributed by atoms with Crippen molar-refractivity contribution in [3.05, 3.63) is 64.4 Å². The van der Waals surface area contributed by atoms with Crippen LogP contribution in [0.25, 0.3) is 10.6 Å². The lowest BCUT2D eigenvalue weighted by atomic mass is 10.1. The average molecular weight is 303 g/mol. The van der Waals surface area contributed by atoms with E-state index in [4.69, 9.17) is 17.3 Å². The topological polar surface area (TPSA) is 64.7 Å². The van der Waals surface area contributed by atoms with Crippen LogP contribution in [0.4, 0.5) is 0 Å². The lowest BCUT2D eigenvalue weighted by molar-refractivity contribution is 0.831. The first-order valence-electron chi connectivity index (χ1n) is 5.99. The van der Waals surface area contributed by atoms with Crippen molar-refractivity contribution in [2.45, 2.75) is 6.04 Å². The first-order valence-corrected chi connectivity index (χ1v) is 7.19. The third-order valence-corrected chi connectivity index (χ3v) is 4.21. The molecule has 0 saturated carbocycles. The van der Waals surface area contributed by atoms with Crippen molar-refractivity contribution in [1.29, 1.82) is 0 Å². The molecule has 100 valence electrons. The highest BCUT2D eigenvalue weighted by Gasteiger charge is 2.16. The molecular formula is C14H11ClN4S. The van der Waals surface area contributed by atoms with Crippen LogP contribution in [-0.2, 0) is 0 Å². The largest absolute Gasteiger partial charge is 0.318 e. The Kier molecular flexibility index (Phi) is 3.73. The van der Waals surface area contributed by atoms with Crippen LogP contribution in [0.2, 0.25) is 5.02 Å². The highest BCUT2D eigenvalue weighted by Crippen LogP contribution is 2.32. The molecule has 0 saturated heterocycles. The molecule has 1 atom stereocenters. The Morgan fingerprint density at radius 2 is 1.90 bits per heavy atom. The van der Waals surface area contributed by atoms with E-state index in [2.05, 4.69) is 15.2 Å². The second-order valence-corrected chi connectivity index (χ2v) is 5.61. The van der Waals surface area contributed by atoms with E-state index in [1.54, 1.807) is 12.4 Å². The van der Waals surface area contributed by atoms with Crippen molar-refractivity contribution in [1.82, 2.24) is 15.2 Å². The van der Waals surface area contributed by atoms with Crippen LogP contribution in [0.15, 0.2) is 48.8 Å². The molecule has 1 aromatic carbocycles. The molecule has 2 heterocycles. The summed E-state index contributed by atoms with van der Waals surface area (Å²) in [4.78, 5) is 3.96. The highest BCUT2D eigenvalue weighted by atomic mass is 35.5. The van der Waals surface area contributed by atoms with Gasteiger partial charge in [0.15, 0.2) is 0 Å². The van der Waals surface area contributed by atoms with Gasteiger partial charge in [-0.2, -0.15) is 0 Å². The maximum atomic E-state index is 6.21. The van der Waals surface area contributed by atoms with Crippen LogP contribution >= 0.6 is 22.9 Å². The molecule has 0 aliphatic carbocycles. The monoisotopic (exact) mass is 302 g/mol. The average Bonchev–Trinajstić information content (AvgIpc) is 2.97. The SMILES string of the molecule is NC(c1ccccc1)c1nnc(-c2ccncc2Cl)s1.